The molecule has 0 unspecified atom stereocenters. The van der Waals surface area contributed by atoms with Crippen molar-refractivity contribution in [3.63, 3.8) is 0 Å². The summed E-state index contributed by atoms with van der Waals surface area (Å²) in [5.41, 5.74) is -0.367. The average molecular weight is 168 g/mol. The molecule has 0 radical (unpaired) electrons. The number of unbranched alkanes of at least 4 members (excludes halogenated alkanes) is 1. The van der Waals surface area contributed by atoms with Crippen molar-refractivity contribution < 1.29 is 4.84 Å². The largest absolute Gasteiger partial charge is 0.410 e. The summed E-state index contributed by atoms with van der Waals surface area (Å²) in [4.78, 5) is 19.6. The van der Waals surface area contributed by atoms with Crippen LogP contribution < -0.4 is 10.5 Å². The summed E-state index contributed by atoms with van der Waals surface area (Å²) in [5.74, 6) is 0. The van der Waals surface area contributed by atoms with Crippen LogP contribution in [-0.2, 0) is 0 Å². The van der Waals surface area contributed by atoms with E-state index in [0.29, 0.717) is 6.61 Å². The Kier molecular flexibility index (Phi) is 3.32. The highest BCUT2D eigenvalue weighted by Gasteiger charge is 1.92. The first-order valence-corrected chi connectivity index (χ1v) is 4.01. The van der Waals surface area contributed by atoms with Gasteiger partial charge in [-0.15, -0.1) is 4.73 Å². The number of hydrogen-bond acceptors (Lipinski definition) is 3. The highest BCUT2D eigenvalue weighted by Crippen LogP contribution is 1.84. The van der Waals surface area contributed by atoms with Gasteiger partial charge in [0.2, 0.25) is 0 Å². The van der Waals surface area contributed by atoms with Gasteiger partial charge in [-0.05, 0) is 12.5 Å². The lowest BCUT2D eigenvalue weighted by Gasteiger charge is -2.04. The normalized spacial score (nSPS) is 9.75. The second kappa shape index (κ2) is 4.54. The summed E-state index contributed by atoms with van der Waals surface area (Å²) in [5, 5.41) is 0. The van der Waals surface area contributed by atoms with Gasteiger partial charge in [-0.1, -0.05) is 13.3 Å². The number of aromatic nitrogens is 2. The molecule has 0 bridgehead atoms. The molecule has 0 N–H and O–H groups in total. The molecule has 1 rings (SSSR count). The smallest absolute Gasteiger partial charge is 0.380 e. The van der Waals surface area contributed by atoms with Crippen LogP contribution in [0.15, 0.2) is 23.3 Å². The van der Waals surface area contributed by atoms with E-state index in [9.17, 15) is 4.79 Å². The summed E-state index contributed by atoms with van der Waals surface area (Å²) in [6.45, 7) is 2.62. The molecule has 0 saturated heterocycles. The lowest BCUT2D eigenvalue weighted by Crippen LogP contribution is -2.28. The zero-order chi connectivity index (χ0) is 8.81. The lowest BCUT2D eigenvalue weighted by atomic mass is 10.4. The van der Waals surface area contributed by atoms with Gasteiger partial charge >= 0.3 is 5.69 Å². The molecule has 4 heteroatoms. The molecule has 66 valence electrons. The van der Waals surface area contributed by atoms with E-state index in [-0.39, 0.29) is 5.69 Å². The second-order valence-electron chi connectivity index (χ2n) is 2.41. The third kappa shape index (κ3) is 2.38. The molecule has 0 amide bonds. The van der Waals surface area contributed by atoms with E-state index in [0.717, 1.165) is 17.6 Å². The van der Waals surface area contributed by atoms with Crippen molar-refractivity contribution in [3.05, 3.63) is 28.9 Å². The SMILES string of the molecule is CCCCOn1cccnc1=O. The van der Waals surface area contributed by atoms with Crippen molar-refractivity contribution in [2.45, 2.75) is 19.8 Å². The quantitative estimate of drug-likeness (QED) is 0.614. The van der Waals surface area contributed by atoms with Crippen LogP contribution in [0.5, 0.6) is 0 Å². The summed E-state index contributed by atoms with van der Waals surface area (Å²) in [6.07, 6.45) is 5.00. The van der Waals surface area contributed by atoms with Gasteiger partial charge in [-0.2, -0.15) is 4.98 Å². The number of hydrogen-bond donors (Lipinski definition) is 0. The van der Waals surface area contributed by atoms with Crippen molar-refractivity contribution >= 4 is 0 Å². The van der Waals surface area contributed by atoms with E-state index in [2.05, 4.69) is 11.9 Å². The minimum absolute atomic E-state index is 0.367. The zero-order valence-corrected chi connectivity index (χ0v) is 7.06. The van der Waals surface area contributed by atoms with Gasteiger partial charge in [0.25, 0.3) is 0 Å². The molecule has 1 aromatic heterocycles. The Labute approximate surface area is 70.8 Å². The van der Waals surface area contributed by atoms with Crippen molar-refractivity contribution in [2.24, 2.45) is 0 Å². The summed E-state index contributed by atoms with van der Waals surface area (Å²) < 4.78 is 1.15. The topological polar surface area (TPSA) is 44.1 Å². The molecule has 0 aliphatic rings. The fourth-order valence-corrected chi connectivity index (χ4v) is 0.750. The maximum Gasteiger partial charge on any atom is 0.380 e. The molecule has 0 spiro atoms. The number of nitrogens with zero attached hydrogens (tertiary/aromatic N) is 2. The van der Waals surface area contributed by atoms with Crippen LogP contribution in [0.3, 0.4) is 0 Å². The standard InChI is InChI=1S/C8H12N2O2/c1-2-3-7-12-10-6-4-5-9-8(10)11/h4-6H,2-3,7H2,1H3. The zero-order valence-electron chi connectivity index (χ0n) is 7.06. The molecule has 0 fully saturated rings. The van der Waals surface area contributed by atoms with Crippen LogP contribution >= 0.6 is 0 Å². The first-order chi connectivity index (χ1) is 5.84. The molecule has 0 saturated carbocycles. The third-order valence-electron chi connectivity index (χ3n) is 1.41. The first-order valence-electron chi connectivity index (χ1n) is 4.01. The molecule has 12 heavy (non-hydrogen) atoms. The fraction of sp³-hybridized carbons (Fsp3) is 0.500. The van der Waals surface area contributed by atoms with Gasteiger partial charge in [0.05, 0.1) is 6.20 Å². The van der Waals surface area contributed by atoms with E-state index in [1.54, 1.807) is 12.3 Å². The molecular formula is C8H12N2O2. The molecule has 1 heterocycles. The highest BCUT2D eigenvalue weighted by atomic mass is 16.7. The third-order valence-corrected chi connectivity index (χ3v) is 1.41. The van der Waals surface area contributed by atoms with Crippen LogP contribution in [0.4, 0.5) is 0 Å². The average Bonchev–Trinajstić information content (AvgIpc) is 2.09. The highest BCUT2D eigenvalue weighted by molar-refractivity contribution is 4.78. The predicted octanol–water partition coefficient (Wildman–Crippen LogP) is 0.472. The Balaban J connectivity index is 2.52. The van der Waals surface area contributed by atoms with E-state index in [1.165, 1.54) is 6.20 Å². The van der Waals surface area contributed by atoms with E-state index in [1.807, 2.05) is 0 Å². The van der Waals surface area contributed by atoms with E-state index in [4.69, 9.17) is 4.84 Å². The van der Waals surface area contributed by atoms with Gasteiger partial charge in [0.1, 0.15) is 6.61 Å². The van der Waals surface area contributed by atoms with Crippen LogP contribution in [0.25, 0.3) is 0 Å². The Hall–Kier alpha value is -1.32. The van der Waals surface area contributed by atoms with Crippen molar-refractivity contribution in [2.75, 3.05) is 6.61 Å². The van der Waals surface area contributed by atoms with Gasteiger partial charge < -0.3 is 4.84 Å². The summed E-state index contributed by atoms with van der Waals surface area (Å²) >= 11 is 0. The Morgan fingerprint density at radius 1 is 1.67 bits per heavy atom. The fourth-order valence-electron chi connectivity index (χ4n) is 0.750. The minimum Gasteiger partial charge on any atom is -0.410 e. The van der Waals surface area contributed by atoms with E-state index < -0.39 is 0 Å². The molecule has 1 aromatic rings. The maximum absolute atomic E-state index is 10.9. The van der Waals surface area contributed by atoms with Crippen molar-refractivity contribution in [1.29, 1.82) is 0 Å². The summed E-state index contributed by atoms with van der Waals surface area (Å²) in [7, 11) is 0. The minimum atomic E-state index is -0.367. The molecule has 0 aromatic carbocycles. The molecular weight excluding hydrogens is 156 g/mol. The first kappa shape index (κ1) is 8.77. The van der Waals surface area contributed by atoms with Crippen molar-refractivity contribution in [3.8, 4) is 0 Å². The Morgan fingerprint density at radius 3 is 3.17 bits per heavy atom. The van der Waals surface area contributed by atoms with Gasteiger partial charge in [0, 0.05) is 6.20 Å². The number of rotatable bonds is 4. The predicted molar refractivity (Wildman–Crippen MR) is 44.9 cm³/mol. The van der Waals surface area contributed by atoms with Crippen LogP contribution in [-0.4, -0.2) is 16.3 Å². The van der Waals surface area contributed by atoms with Crippen molar-refractivity contribution in [1.82, 2.24) is 9.71 Å². The van der Waals surface area contributed by atoms with E-state index >= 15 is 0 Å². The van der Waals surface area contributed by atoms with Gasteiger partial charge in [-0.3, -0.25) is 0 Å². The monoisotopic (exact) mass is 168 g/mol. The summed E-state index contributed by atoms with van der Waals surface area (Å²) in [6, 6.07) is 1.66. The molecule has 0 atom stereocenters. The van der Waals surface area contributed by atoms with Crippen LogP contribution in [0.2, 0.25) is 0 Å². The molecule has 4 nitrogen and oxygen atoms in total. The Bertz CT molecular complexity index is 282. The van der Waals surface area contributed by atoms with Crippen LogP contribution in [0.1, 0.15) is 19.8 Å². The molecule has 0 aliphatic carbocycles. The Morgan fingerprint density at radius 2 is 2.50 bits per heavy atom. The van der Waals surface area contributed by atoms with Crippen LogP contribution in [0, 0.1) is 0 Å². The maximum atomic E-state index is 10.9. The van der Waals surface area contributed by atoms with Gasteiger partial charge in [0.15, 0.2) is 0 Å². The lowest BCUT2D eigenvalue weighted by molar-refractivity contribution is 0.0961. The van der Waals surface area contributed by atoms with Gasteiger partial charge in [-0.25, -0.2) is 4.79 Å². The second-order valence-corrected chi connectivity index (χ2v) is 2.41. The molecule has 0 aliphatic heterocycles.